The van der Waals surface area contributed by atoms with Crippen molar-refractivity contribution >= 4 is 17.3 Å². The van der Waals surface area contributed by atoms with Crippen molar-refractivity contribution in [2.45, 2.75) is 25.6 Å². The number of rotatable bonds is 4. The Morgan fingerprint density at radius 3 is 2.86 bits per heavy atom. The first-order valence-electron chi connectivity index (χ1n) is 9.68. The molecule has 146 valence electrons. The number of hydrogen-bond donors (Lipinski definition) is 0. The van der Waals surface area contributed by atoms with E-state index < -0.39 is 0 Å². The van der Waals surface area contributed by atoms with Crippen molar-refractivity contribution in [3.05, 3.63) is 88.7 Å². The van der Waals surface area contributed by atoms with Crippen LogP contribution in [-0.4, -0.2) is 22.3 Å². The maximum atomic E-state index is 6.47. The van der Waals surface area contributed by atoms with Gasteiger partial charge in [-0.05, 0) is 31.2 Å². The van der Waals surface area contributed by atoms with Gasteiger partial charge in [0.2, 0.25) is 6.23 Å². The van der Waals surface area contributed by atoms with Gasteiger partial charge in [-0.2, -0.15) is 5.10 Å². The van der Waals surface area contributed by atoms with E-state index in [1.54, 1.807) is 6.20 Å². The standard InChI is InChI=1S/C23H20ClN3O2/c1-2-28-21-10-4-9-18-20-13-19(16-7-5-11-25-14-16)26-27(20)23(29-22(18)21)15-6-3-8-17(24)12-15/h3-12,14,20,23H,2,13H2,1H3/t20-,23+/m1/s1. The van der Waals surface area contributed by atoms with Gasteiger partial charge in [0.15, 0.2) is 11.5 Å². The molecular weight excluding hydrogens is 386 g/mol. The highest BCUT2D eigenvalue weighted by atomic mass is 35.5. The van der Waals surface area contributed by atoms with Crippen LogP contribution in [0.15, 0.2) is 72.1 Å². The fourth-order valence-electron chi connectivity index (χ4n) is 3.94. The van der Waals surface area contributed by atoms with Crippen LogP contribution in [0.25, 0.3) is 0 Å². The van der Waals surface area contributed by atoms with Crippen LogP contribution in [0, 0.1) is 0 Å². The first kappa shape index (κ1) is 18.0. The molecule has 5 rings (SSSR count). The van der Waals surface area contributed by atoms with Crippen molar-refractivity contribution < 1.29 is 9.47 Å². The lowest BCUT2D eigenvalue weighted by Gasteiger charge is -2.38. The molecule has 0 N–H and O–H groups in total. The summed E-state index contributed by atoms with van der Waals surface area (Å²) < 4.78 is 12.3. The van der Waals surface area contributed by atoms with Gasteiger partial charge in [-0.3, -0.25) is 4.98 Å². The molecule has 3 aromatic rings. The molecule has 2 aliphatic rings. The van der Waals surface area contributed by atoms with Crippen LogP contribution in [0.1, 0.15) is 42.3 Å². The zero-order valence-electron chi connectivity index (χ0n) is 16.0. The predicted molar refractivity (Wildman–Crippen MR) is 112 cm³/mol. The van der Waals surface area contributed by atoms with Crippen LogP contribution < -0.4 is 9.47 Å². The van der Waals surface area contributed by atoms with Crippen molar-refractivity contribution in [1.82, 2.24) is 9.99 Å². The molecule has 0 bridgehead atoms. The second-order valence-electron chi connectivity index (χ2n) is 7.02. The molecule has 1 aromatic heterocycles. The van der Waals surface area contributed by atoms with Gasteiger partial charge in [-0.25, -0.2) is 5.01 Å². The molecule has 3 heterocycles. The van der Waals surface area contributed by atoms with Crippen LogP contribution >= 0.6 is 11.6 Å². The number of pyridine rings is 1. The fourth-order valence-corrected chi connectivity index (χ4v) is 4.14. The monoisotopic (exact) mass is 405 g/mol. The average Bonchev–Trinajstić information content (AvgIpc) is 3.20. The van der Waals surface area contributed by atoms with Gasteiger partial charge in [-0.1, -0.05) is 41.9 Å². The van der Waals surface area contributed by atoms with E-state index in [0.29, 0.717) is 11.6 Å². The maximum absolute atomic E-state index is 6.47. The van der Waals surface area contributed by atoms with Gasteiger partial charge in [0, 0.05) is 40.5 Å². The van der Waals surface area contributed by atoms with E-state index >= 15 is 0 Å². The Morgan fingerprint density at radius 2 is 2.07 bits per heavy atom. The summed E-state index contributed by atoms with van der Waals surface area (Å²) in [6.45, 7) is 2.55. The Labute approximate surface area is 174 Å². The molecule has 2 aliphatic heterocycles. The van der Waals surface area contributed by atoms with E-state index in [9.17, 15) is 0 Å². The lowest BCUT2D eigenvalue weighted by molar-refractivity contribution is -0.0212. The second-order valence-corrected chi connectivity index (χ2v) is 7.46. The quantitative estimate of drug-likeness (QED) is 0.585. The number of benzene rings is 2. The third kappa shape index (κ3) is 3.21. The minimum absolute atomic E-state index is 0.0540. The molecular formula is C23H20ClN3O2. The molecule has 0 aliphatic carbocycles. The van der Waals surface area contributed by atoms with E-state index in [-0.39, 0.29) is 12.3 Å². The zero-order valence-corrected chi connectivity index (χ0v) is 16.7. The first-order chi connectivity index (χ1) is 14.2. The summed E-state index contributed by atoms with van der Waals surface area (Å²) in [6.07, 6.45) is 4.01. The van der Waals surface area contributed by atoms with E-state index in [4.69, 9.17) is 26.2 Å². The highest BCUT2D eigenvalue weighted by Crippen LogP contribution is 2.50. The molecule has 0 spiro atoms. The van der Waals surface area contributed by atoms with Crippen molar-refractivity contribution in [3.8, 4) is 11.5 Å². The van der Waals surface area contributed by atoms with Crippen LogP contribution in [0.4, 0.5) is 0 Å². The minimum Gasteiger partial charge on any atom is -0.490 e. The highest BCUT2D eigenvalue weighted by Gasteiger charge is 2.42. The van der Waals surface area contributed by atoms with E-state index in [2.05, 4.69) is 11.1 Å². The lowest BCUT2D eigenvalue weighted by Crippen LogP contribution is -2.33. The molecule has 0 saturated heterocycles. The smallest absolute Gasteiger partial charge is 0.214 e. The fraction of sp³-hybridized carbons (Fsp3) is 0.217. The van der Waals surface area contributed by atoms with Crippen LogP contribution in [0.3, 0.4) is 0 Å². The molecule has 6 heteroatoms. The summed E-state index contributed by atoms with van der Waals surface area (Å²) in [4.78, 5) is 4.25. The van der Waals surface area contributed by atoms with Gasteiger partial charge >= 0.3 is 0 Å². The number of hydrogen-bond acceptors (Lipinski definition) is 5. The molecule has 0 amide bonds. The molecule has 29 heavy (non-hydrogen) atoms. The van der Waals surface area contributed by atoms with Gasteiger partial charge in [0.05, 0.1) is 18.4 Å². The first-order valence-corrected chi connectivity index (χ1v) is 10.1. The van der Waals surface area contributed by atoms with Gasteiger partial charge < -0.3 is 9.47 Å². The number of nitrogens with zero attached hydrogens (tertiary/aromatic N) is 3. The molecule has 0 radical (unpaired) electrons. The van der Waals surface area contributed by atoms with Gasteiger partial charge in [0.25, 0.3) is 0 Å². The third-order valence-electron chi connectivity index (χ3n) is 5.21. The average molecular weight is 406 g/mol. The number of halogens is 1. The van der Waals surface area contributed by atoms with Crippen molar-refractivity contribution in [3.63, 3.8) is 0 Å². The summed E-state index contributed by atoms with van der Waals surface area (Å²) in [5.74, 6) is 1.54. The van der Waals surface area contributed by atoms with E-state index in [0.717, 1.165) is 40.3 Å². The summed E-state index contributed by atoms with van der Waals surface area (Å²) in [6, 6.07) is 17.8. The summed E-state index contributed by atoms with van der Waals surface area (Å²) in [5, 5.41) is 7.65. The van der Waals surface area contributed by atoms with Crippen LogP contribution in [-0.2, 0) is 0 Å². The zero-order chi connectivity index (χ0) is 19.8. The Hall–Kier alpha value is -3.05. The van der Waals surface area contributed by atoms with Gasteiger partial charge in [-0.15, -0.1) is 0 Å². The molecule has 5 nitrogen and oxygen atoms in total. The number of para-hydroxylation sites is 1. The minimum atomic E-state index is -0.387. The lowest BCUT2D eigenvalue weighted by atomic mass is 9.96. The third-order valence-corrected chi connectivity index (χ3v) is 5.44. The molecule has 0 fully saturated rings. The van der Waals surface area contributed by atoms with Crippen LogP contribution in [0.2, 0.25) is 5.02 Å². The Bertz CT molecular complexity index is 1070. The normalized spacial score (nSPS) is 19.8. The van der Waals surface area contributed by atoms with E-state index in [1.165, 1.54) is 0 Å². The molecule has 0 saturated carbocycles. The SMILES string of the molecule is CCOc1cccc2c1O[C@@H](c1cccc(Cl)c1)N1N=C(c3cccnc3)C[C@H]21. The Morgan fingerprint density at radius 1 is 1.17 bits per heavy atom. The predicted octanol–water partition coefficient (Wildman–Crippen LogP) is 5.38. The largest absolute Gasteiger partial charge is 0.490 e. The number of aromatic nitrogens is 1. The Kier molecular flexibility index (Phi) is 4.60. The molecule has 2 aromatic carbocycles. The highest BCUT2D eigenvalue weighted by molar-refractivity contribution is 6.30. The van der Waals surface area contributed by atoms with Crippen molar-refractivity contribution in [2.75, 3.05) is 6.61 Å². The molecule has 2 atom stereocenters. The van der Waals surface area contributed by atoms with Crippen molar-refractivity contribution in [2.24, 2.45) is 5.10 Å². The number of hydrazone groups is 1. The van der Waals surface area contributed by atoms with Crippen LogP contribution in [0.5, 0.6) is 11.5 Å². The molecule has 0 unspecified atom stereocenters. The number of ether oxygens (including phenoxy) is 2. The second kappa shape index (κ2) is 7.41. The van der Waals surface area contributed by atoms with E-state index in [1.807, 2.05) is 66.7 Å². The maximum Gasteiger partial charge on any atom is 0.214 e. The Balaban J connectivity index is 1.62. The van der Waals surface area contributed by atoms with Gasteiger partial charge in [0.1, 0.15) is 0 Å². The summed E-state index contributed by atoms with van der Waals surface area (Å²) >= 11 is 6.27. The van der Waals surface area contributed by atoms with Crippen molar-refractivity contribution in [1.29, 1.82) is 0 Å². The summed E-state index contributed by atoms with van der Waals surface area (Å²) in [7, 11) is 0. The topological polar surface area (TPSA) is 47.0 Å². The number of fused-ring (bicyclic) bond motifs is 3. The summed E-state index contributed by atoms with van der Waals surface area (Å²) in [5.41, 5.74) is 4.05.